The van der Waals surface area contributed by atoms with Crippen LogP contribution in [0, 0.1) is 0 Å². The monoisotopic (exact) mass is 179 g/mol. The Kier molecular flexibility index (Phi) is 3.69. The van der Waals surface area contributed by atoms with Crippen LogP contribution in [-0.2, 0) is 17.1 Å². The van der Waals surface area contributed by atoms with Crippen LogP contribution in [0.3, 0.4) is 0 Å². The molecule has 0 aliphatic heterocycles. The molecule has 3 nitrogen and oxygen atoms in total. The predicted octanol–water partition coefficient (Wildman–Crippen LogP) is 0.777. The topological polar surface area (TPSA) is 50.2 Å². The molecule has 0 bridgehead atoms. The van der Waals surface area contributed by atoms with Gasteiger partial charge in [0.2, 0.25) is 0 Å². The van der Waals surface area contributed by atoms with Gasteiger partial charge >= 0.3 is 5.97 Å². The molecule has 0 amide bonds. The first-order valence-corrected chi connectivity index (χ1v) is 2.44. The molecule has 0 atom stereocenters. The summed E-state index contributed by atoms with van der Waals surface area (Å²) in [6.07, 6.45) is 2.84. The number of aromatic carboxylic acids is 1. The largest absolute Gasteiger partial charge is 0.478 e. The molecule has 1 aromatic heterocycles. The van der Waals surface area contributed by atoms with Gasteiger partial charge < -0.3 is 5.11 Å². The SMILES string of the molecule is O=C(O)c1cccnc1.[Fe]. The van der Waals surface area contributed by atoms with Crippen LogP contribution in [0.15, 0.2) is 24.5 Å². The van der Waals surface area contributed by atoms with Gasteiger partial charge in [0.1, 0.15) is 0 Å². The maximum Gasteiger partial charge on any atom is 0.337 e. The van der Waals surface area contributed by atoms with Crippen LogP contribution in [0.4, 0.5) is 0 Å². The van der Waals surface area contributed by atoms with Gasteiger partial charge in [0.25, 0.3) is 0 Å². The summed E-state index contributed by atoms with van der Waals surface area (Å²) in [5.41, 5.74) is 0.220. The number of carbonyl (C=O) groups is 1. The summed E-state index contributed by atoms with van der Waals surface area (Å²) in [6, 6.07) is 3.08. The Labute approximate surface area is 68.6 Å². The fourth-order valence-electron chi connectivity index (χ4n) is 0.489. The van der Waals surface area contributed by atoms with Gasteiger partial charge in [-0.25, -0.2) is 4.79 Å². The van der Waals surface area contributed by atoms with Crippen LogP contribution in [0.2, 0.25) is 0 Å². The Bertz CT molecular complexity index is 212. The van der Waals surface area contributed by atoms with E-state index >= 15 is 0 Å². The van der Waals surface area contributed by atoms with Gasteiger partial charge in [0.15, 0.2) is 0 Å². The second kappa shape index (κ2) is 4.04. The fraction of sp³-hybridized carbons (Fsp3) is 0. The smallest absolute Gasteiger partial charge is 0.337 e. The molecule has 4 heteroatoms. The fourth-order valence-corrected chi connectivity index (χ4v) is 0.489. The van der Waals surface area contributed by atoms with E-state index in [9.17, 15) is 4.79 Å². The van der Waals surface area contributed by atoms with Crippen LogP contribution in [0.25, 0.3) is 0 Å². The van der Waals surface area contributed by atoms with Crippen molar-refractivity contribution < 1.29 is 27.0 Å². The molecule has 0 saturated heterocycles. The first-order valence-electron chi connectivity index (χ1n) is 2.44. The van der Waals surface area contributed by atoms with Crippen molar-refractivity contribution >= 4 is 5.97 Å². The number of aromatic nitrogens is 1. The van der Waals surface area contributed by atoms with Crippen LogP contribution >= 0.6 is 0 Å². The zero-order chi connectivity index (χ0) is 6.69. The van der Waals surface area contributed by atoms with E-state index in [2.05, 4.69) is 4.98 Å². The van der Waals surface area contributed by atoms with Crippen LogP contribution in [-0.4, -0.2) is 16.1 Å². The standard InChI is InChI=1S/C6H5NO2.Fe/c8-6(9)5-2-1-3-7-4-5;/h1-4H,(H,8,9);. The third kappa shape index (κ3) is 2.17. The van der Waals surface area contributed by atoms with Crippen molar-refractivity contribution in [1.82, 2.24) is 4.98 Å². The minimum absolute atomic E-state index is 0. The van der Waals surface area contributed by atoms with E-state index in [-0.39, 0.29) is 22.6 Å². The molecule has 0 unspecified atom stereocenters. The van der Waals surface area contributed by atoms with Crippen molar-refractivity contribution in [3.63, 3.8) is 0 Å². The average molecular weight is 179 g/mol. The van der Waals surface area contributed by atoms with E-state index in [1.54, 1.807) is 6.07 Å². The molecule has 10 heavy (non-hydrogen) atoms. The Morgan fingerprint density at radius 2 is 2.30 bits per heavy atom. The van der Waals surface area contributed by atoms with Crippen LogP contribution in [0.1, 0.15) is 10.4 Å². The summed E-state index contributed by atoms with van der Waals surface area (Å²) < 4.78 is 0. The normalized spacial score (nSPS) is 8.00. The predicted molar refractivity (Wildman–Crippen MR) is 31.2 cm³/mol. The van der Waals surface area contributed by atoms with Gasteiger partial charge in [-0.1, -0.05) is 0 Å². The second-order valence-corrected chi connectivity index (χ2v) is 1.55. The zero-order valence-electron chi connectivity index (χ0n) is 4.97. The Hall–Kier alpha value is -0.861. The molecule has 0 spiro atoms. The quantitative estimate of drug-likeness (QED) is 0.647. The number of hydrogen-bond acceptors (Lipinski definition) is 2. The van der Waals surface area contributed by atoms with Crippen molar-refractivity contribution in [2.45, 2.75) is 0 Å². The maximum atomic E-state index is 10.2. The number of rotatable bonds is 1. The van der Waals surface area contributed by atoms with Gasteiger partial charge in [0, 0.05) is 29.5 Å². The molecular weight excluding hydrogens is 174 g/mol. The van der Waals surface area contributed by atoms with E-state index in [1.807, 2.05) is 0 Å². The van der Waals surface area contributed by atoms with Gasteiger partial charge in [-0.3, -0.25) is 4.98 Å². The molecule has 0 aromatic carbocycles. The van der Waals surface area contributed by atoms with E-state index in [4.69, 9.17) is 5.11 Å². The molecule has 0 radical (unpaired) electrons. The van der Waals surface area contributed by atoms with Crippen LogP contribution < -0.4 is 0 Å². The number of hydrogen-bond donors (Lipinski definition) is 1. The minimum atomic E-state index is -0.942. The molecule has 1 rings (SSSR count). The Morgan fingerprint density at radius 1 is 1.60 bits per heavy atom. The van der Waals surface area contributed by atoms with Gasteiger partial charge in [0.05, 0.1) is 5.56 Å². The molecule has 1 aromatic rings. The van der Waals surface area contributed by atoms with E-state index in [1.165, 1.54) is 18.5 Å². The number of carboxylic acids is 1. The molecule has 0 aliphatic carbocycles. The van der Waals surface area contributed by atoms with Crippen molar-refractivity contribution in [2.75, 3.05) is 0 Å². The molecule has 54 valence electrons. The van der Waals surface area contributed by atoms with Crippen molar-refractivity contribution in [1.29, 1.82) is 0 Å². The average Bonchev–Trinajstić information content (AvgIpc) is 1.90. The molecular formula is C6H5FeNO2. The molecule has 1 heterocycles. The molecule has 0 saturated carbocycles. The van der Waals surface area contributed by atoms with Crippen molar-refractivity contribution in [3.05, 3.63) is 30.1 Å². The summed E-state index contributed by atoms with van der Waals surface area (Å²) in [5.74, 6) is -0.942. The van der Waals surface area contributed by atoms with E-state index < -0.39 is 5.97 Å². The zero-order valence-corrected chi connectivity index (χ0v) is 6.07. The third-order valence-electron chi connectivity index (χ3n) is 0.908. The number of carboxylic acid groups (broad SMARTS) is 1. The van der Waals surface area contributed by atoms with Crippen molar-refractivity contribution in [2.24, 2.45) is 0 Å². The maximum absolute atomic E-state index is 10.2. The summed E-state index contributed by atoms with van der Waals surface area (Å²) in [7, 11) is 0. The molecule has 0 fully saturated rings. The van der Waals surface area contributed by atoms with Crippen molar-refractivity contribution in [3.8, 4) is 0 Å². The van der Waals surface area contributed by atoms with E-state index in [0.29, 0.717) is 0 Å². The van der Waals surface area contributed by atoms with Crippen LogP contribution in [0.5, 0.6) is 0 Å². The minimum Gasteiger partial charge on any atom is -0.478 e. The summed E-state index contributed by atoms with van der Waals surface area (Å²) >= 11 is 0. The Balaban J connectivity index is 0.000000810. The Morgan fingerprint density at radius 3 is 2.60 bits per heavy atom. The molecule has 0 aliphatic rings. The number of nitrogens with zero attached hydrogens (tertiary/aromatic N) is 1. The first-order chi connectivity index (χ1) is 4.30. The van der Waals surface area contributed by atoms with Gasteiger partial charge in [-0.2, -0.15) is 0 Å². The van der Waals surface area contributed by atoms with E-state index in [0.717, 1.165) is 0 Å². The van der Waals surface area contributed by atoms with Gasteiger partial charge in [-0.15, -0.1) is 0 Å². The third-order valence-corrected chi connectivity index (χ3v) is 0.908. The summed E-state index contributed by atoms with van der Waals surface area (Å²) in [4.78, 5) is 13.8. The summed E-state index contributed by atoms with van der Waals surface area (Å²) in [5, 5.41) is 8.34. The second-order valence-electron chi connectivity index (χ2n) is 1.55. The molecule has 1 N–H and O–H groups in total. The number of pyridine rings is 1. The summed E-state index contributed by atoms with van der Waals surface area (Å²) in [6.45, 7) is 0. The first kappa shape index (κ1) is 9.14. The van der Waals surface area contributed by atoms with Gasteiger partial charge in [-0.05, 0) is 12.1 Å².